The van der Waals surface area contributed by atoms with Crippen LogP contribution < -0.4 is 10.5 Å². The highest BCUT2D eigenvalue weighted by Gasteiger charge is 2.39. The van der Waals surface area contributed by atoms with Crippen molar-refractivity contribution < 1.29 is 16.8 Å². The summed E-state index contributed by atoms with van der Waals surface area (Å²) < 4.78 is 46.0. The molecule has 2 atom stereocenters. The summed E-state index contributed by atoms with van der Waals surface area (Å²) in [5.74, 6) is 0.277. The van der Waals surface area contributed by atoms with Crippen molar-refractivity contribution >= 4 is 19.9 Å². The first kappa shape index (κ1) is 16.4. The fourth-order valence-corrected chi connectivity index (χ4v) is 5.36. The highest BCUT2D eigenvalue weighted by atomic mass is 32.2. The second-order valence-electron chi connectivity index (χ2n) is 5.89. The van der Waals surface area contributed by atoms with Crippen LogP contribution >= 0.6 is 0 Å². The van der Waals surface area contributed by atoms with Crippen molar-refractivity contribution in [3.05, 3.63) is 29.8 Å². The maximum absolute atomic E-state index is 11.6. The van der Waals surface area contributed by atoms with Gasteiger partial charge < -0.3 is 5.32 Å². The van der Waals surface area contributed by atoms with Crippen molar-refractivity contribution in [3.63, 3.8) is 0 Å². The van der Waals surface area contributed by atoms with E-state index in [-0.39, 0.29) is 22.4 Å². The van der Waals surface area contributed by atoms with E-state index in [1.165, 1.54) is 12.1 Å². The predicted molar refractivity (Wildman–Crippen MR) is 81.0 cm³/mol. The number of sulfonamides is 1. The van der Waals surface area contributed by atoms with Crippen LogP contribution in [0.2, 0.25) is 0 Å². The van der Waals surface area contributed by atoms with Gasteiger partial charge in [-0.15, -0.1) is 0 Å². The third-order valence-electron chi connectivity index (χ3n) is 3.75. The lowest BCUT2D eigenvalue weighted by atomic mass is 9.98. The zero-order chi connectivity index (χ0) is 15.9. The molecule has 0 spiro atoms. The van der Waals surface area contributed by atoms with E-state index in [9.17, 15) is 16.8 Å². The molecule has 0 bridgehead atoms. The molecule has 1 aliphatic heterocycles. The maximum atomic E-state index is 11.6. The second kappa shape index (κ2) is 5.35. The average molecular weight is 332 g/mol. The van der Waals surface area contributed by atoms with Crippen LogP contribution in [-0.2, 0) is 19.9 Å². The summed E-state index contributed by atoms with van der Waals surface area (Å²) in [6, 6.07) is 6.19. The van der Waals surface area contributed by atoms with Crippen molar-refractivity contribution in [2.75, 3.05) is 11.5 Å². The van der Waals surface area contributed by atoms with Crippen molar-refractivity contribution in [2.24, 2.45) is 5.14 Å². The number of hydrogen-bond donors (Lipinski definition) is 2. The molecule has 8 heteroatoms. The van der Waals surface area contributed by atoms with Gasteiger partial charge in [0, 0.05) is 11.6 Å². The van der Waals surface area contributed by atoms with Crippen LogP contribution in [0.5, 0.6) is 0 Å². The summed E-state index contributed by atoms with van der Waals surface area (Å²) in [6.07, 6.45) is 0.550. The van der Waals surface area contributed by atoms with Gasteiger partial charge >= 0.3 is 0 Å². The molecular formula is C13H20N2O4S2. The van der Waals surface area contributed by atoms with Gasteiger partial charge in [-0.3, -0.25) is 0 Å². The van der Waals surface area contributed by atoms with E-state index in [1.807, 2.05) is 13.8 Å². The molecule has 1 heterocycles. The molecule has 0 aromatic heterocycles. The molecule has 0 aliphatic carbocycles. The number of primary sulfonamides is 1. The molecule has 2 unspecified atom stereocenters. The van der Waals surface area contributed by atoms with Crippen LogP contribution in [0.25, 0.3) is 0 Å². The van der Waals surface area contributed by atoms with Crippen LogP contribution in [0, 0.1) is 0 Å². The summed E-state index contributed by atoms with van der Waals surface area (Å²) in [5.41, 5.74) is 0.266. The number of nitrogens with one attached hydrogen (secondary N) is 1. The molecule has 0 amide bonds. The molecule has 1 saturated heterocycles. The normalized spacial score (nSPS) is 26.6. The lowest BCUT2D eigenvalue weighted by Gasteiger charge is -2.29. The number of hydrogen-bond acceptors (Lipinski definition) is 5. The smallest absolute Gasteiger partial charge is 0.238 e. The Morgan fingerprint density at radius 1 is 1.38 bits per heavy atom. The minimum atomic E-state index is -3.74. The van der Waals surface area contributed by atoms with Crippen LogP contribution in [0.3, 0.4) is 0 Å². The first-order valence-electron chi connectivity index (χ1n) is 6.62. The molecule has 1 aliphatic rings. The van der Waals surface area contributed by atoms with E-state index >= 15 is 0 Å². The van der Waals surface area contributed by atoms with Gasteiger partial charge in [0.25, 0.3) is 0 Å². The molecule has 0 saturated carbocycles. The molecular weight excluding hydrogens is 312 g/mol. The minimum absolute atomic E-state index is 0.0536. The minimum Gasteiger partial charge on any atom is -0.304 e. The van der Waals surface area contributed by atoms with E-state index in [1.54, 1.807) is 12.1 Å². The molecule has 118 valence electrons. The lowest BCUT2D eigenvalue weighted by Crippen LogP contribution is -2.44. The Balaban J connectivity index is 2.20. The van der Waals surface area contributed by atoms with E-state index in [4.69, 9.17) is 5.14 Å². The van der Waals surface area contributed by atoms with E-state index in [2.05, 4.69) is 5.32 Å². The Morgan fingerprint density at radius 2 is 2.05 bits per heavy atom. The molecule has 1 aromatic carbocycles. The van der Waals surface area contributed by atoms with Gasteiger partial charge in [0.2, 0.25) is 10.0 Å². The fraction of sp³-hybridized carbons (Fsp3) is 0.538. The van der Waals surface area contributed by atoms with Gasteiger partial charge in [0.1, 0.15) is 0 Å². The van der Waals surface area contributed by atoms with Gasteiger partial charge in [-0.2, -0.15) is 0 Å². The summed E-state index contributed by atoms with van der Waals surface area (Å²) in [7, 11) is -6.74. The highest BCUT2D eigenvalue weighted by Crippen LogP contribution is 2.27. The SMILES string of the molecule is CC(NC1(C)CCS(=O)(=O)C1)c1cccc(S(N)(=O)=O)c1. The summed E-state index contributed by atoms with van der Waals surface area (Å²) in [5, 5.41) is 8.41. The molecule has 21 heavy (non-hydrogen) atoms. The van der Waals surface area contributed by atoms with Crippen LogP contribution in [-0.4, -0.2) is 33.9 Å². The zero-order valence-electron chi connectivity index (χ0n) is 12.0. The first-order valence-corrected chi connectivity index (χ1v) is 9.98. The number of rotatable bonds is 4. The predicted octanol–water partition coefficient (Wildman–Crippen LogP) is 0.562. The number of benzene rings is 1. The number of nitrogens with two attached hydrogens (primary N) is 1. The van der Waals surface area contributed by atoms with E-state index < -0.39 is 25.4 Å². The van der Waals surface area contributed by atoms with Gasteiger partial charge in [-0.1, -0.05) is 12.1 Å². The van der Waals surface area contributed by atoms with Gasteiger partial charge in [-0.25, -0.2) is 22.0 Å². The summed E-state index contributed by atoms with van der Waals surface area (Å²) >= 11 is 0. The Labute approximate surface area is 125 Å². The van der Waals surface area contributed by atoms with Crippen molar-refractivity contribution in [1.82, 2.24) is 5.32 Å². The second-order valence-corrected chi connectivity index (χ2v) is 9.63. The molecule has 6 nitrogen and oxygen atoms in total. The topological polar surface area (TPSA) is 106 Å². The fourth-order valence-electron chi connectivity index (χ4n) is 2.69. The average Bonchev–Trinajstić information content (AvgIpc) is 2.62. The van der Waals surface area contributed by atoms with Crippen molar-refractivity contribution in [3.8, 4) is 0 Å². The lowest BCUT2D eigenvalue weighted by molar-refractivity contribution is 0.355. The van der Waals surface area contributed by atoms with Gasteiger partial charge in [-0.05, 0) is 38.0 Å². The summed E-state index contributed by atoms with van der Waals surface area (Å²) in [6.45, 7) is 3.75. The third-order valence-corrected chi connectivity index (χ3v) is 6.57. The van der Waals surface area contributed by atoms with Crippen LogP contribution in [0.1, 0.15) is 31.9 Å². The summed E-state index contributed by atoms with van der Waals surface area (Å²) in [4.78, 5) is 0.0536. The van der Waals surface area contributed by atoms with E-state index in [0.717, 1.165) is 5.56 Å². The standard InChI is InChI=1S/C13H20N2O4S2/c1-10(15-13(2)6-7-20(16,17)9-13)11-4-3-5-12(8-11)21(14,18)19/h3-5,8,10,15H,6-7,9H2,1-2H3,(H2,14,18,19). The van der Waals surface area contributed by atoms with E-state index in [0.29, 0.717) is 6.42 Å². The Kier molecular flexibility index (Phi) is 4.18. The first-order chi connectivity index (χ1) is 9.51. The largest absolute Gasteiger partial charge is 0.304 e. The van der Waals surface area contributed by atoms with Crippen molar-refractivity contribution in [2.45, 2.75) is 36.7 Å². The zero-order valence-corrected chi connectivity index (χ0v) is 13.7. The monoisotopic (exact) mass is 332 g/mol. The molecule has 1 aromatic rings. The Bertz CT molecular complexity index is 743. The Morgan fingerprint density at radius 3 is 2.57 bits per heavy atom. The molecule has 2 rings (SSSR count). The van der Waals surface area contributed by atoms with Crippen molar-refractivity contribution in [1.29, 1.82) is 0 Å². The number of sulfone groups is 1. The third kappa shape index (κ3) is 4.03. The van der Waals surface area contributed by atoms with Gasteiger partial charge in [0.05, 0.1) is 16.4 Å². The molecule has 1 fully saturated rings. The highest BCUT2D eigenvalue weighted by molar-refractivity contribution is 7.91. The van der Waals surface area contributed by atoms with Crippen LogP contribution in [0.4, 0.5) is 0 Å². The Hall–Kier alpha value is -0.960. The van der Waals surface area contributed by atoms with Gasteiger partial charge in [0.15, 0.2) is 9.84 Å². The maximum Gasteiger partial charge on any atom is 0.238 e. The molecule has 0 radical (unpaired) electrons. The van der Waals surface area contributed by atoms with Crippen LogP contribution in [0.15, 0.2) is 29.2 Å². The molecule has 3 N–H and O–H groups in total. The quantitative estimate of drug-likeness (QED) is 0.838.